The molecule has 0 radical (unpaired) electrons. The lowest BCUT2D eigenvalue weighted by atomic mass is 10.1. The van der Waals surface area contributed by atoms with Gasteiger partial charge in [0.2, 0.25) is 0 Å². The van der Waals surface area contributed by atoms with Crippen molar-refractivity contribution in [3.8, 4) is 0 Å². The number of rotatable bonds is 2. The molecule has 9 nitrogen and oxygen atoms in total. The molecule has 27 heavy (non-hydrogen) atoms. The van der Waals surface area contributed by atoms with E-state index >= 15 is 0 Å². The van der Waals surface area contributed by atoms with Crippen LogP contribution in [-0.2, 0) is 22.5 Å². The number of H-pyrrole nitrogens is 1. The fraction of sp³-hybridized carbons (Fsp3) is 0.444. The van der Waals surface area contributed by atoms with Crippen LogP contribution in [0.5, 0.6) is 0 Å². The number of aromatic amines is 1. The van der Waals surface area contributed by atoms with Crippen molar-refractivity contribution in [3.63, 3.8) is 0 Å². The van der Waals surface area contributed by atoms with Gasteiger partial charge in [-0.2, -0.15) is 0 Å². The van der Waals surface area contributed by atoms with E-state index in [1.54, 1.807) is 24.0 Å². The Morgan fingerprint density at radius 2 is 2.22 bits per heavy atom. The van der Waals surface area contributed by atoms with Crippen LogP contribution in [0.3, 0.4) is 0 Å². The van der Waals surface area contributed by atoms with E-state index in [1.165, 1.54) is 0 Å². The zero-order valence-corrected chi connectivity index (χ0v) is 14.9. The highest BCUT2D eigenvalue weighted by molar-refractivity contribution is 5.93. The SMILES string of the molecule is Cc1ccc(C(=O)N2CCc3oc(C4CCOC4)nc3C2)c(=O)[nH]1.O=CO. The third-order valence-electron chi connectivity index (χ3n) is 4.60. The van der Waals surface area contributed by atoms with Gasteiger partial charge in [-0.25, -0.2) is 4.98 Å². The molecule has 4 rings (SSSR count). The van der Waals surface area contributed by atoms with E-state index in [0.29, 0.717) is 32.0 Å². The number of carbonyl (C=O) groups is 2. The predicted octanol–water partition coefficient (Wildman–Crippen LogP) is 1.07. The van der Waals surface area contributed by atoms with Crippen molar-refractivity contribution < 1.29 is 23.8 Å². The molecule has 1 saturated heterocycles. The van der Waals surface area contributed by atoms with Crippen LogP contribution >= 0.6 is 0 Å². The minimum Gasteiger partial charge on any atom is -0.483 e. The summed E-state index contributed by atoms with van der Waals surface area (Å²) in [5, 5.41) is 6.89. The molecule has 4 heterocycles. The standard InChI is InChI=1S/C17H19N3O4.CH2O2/c1-10-2-3-12(15(21)18-10)17(22)20-6-4-14-13(8-20)19-16(24-14)11-5-7-23-9-11;2-1-3/h2-3,11H,4-9H2,1H3,(H,18,21);1H,(H,2,3). The van der Waals surface area contributed by atoms with Crippen LogP contribution in [0.25, 0.3) is 0 Å². The predicted molar refractivity (Wildman–Crippen MR) is 93.6 cm³/mol. The van der Waals surface area contributed by atoms with E-state index in [1.807, 2.05) is 0 Å². The summed E-state index contributed by atoms with van der Waals surface area (Å²) in [5.41, 5.74) is 1.34. The number of amides is 1. The molecule has 1 atom stereocenters. The van der Waals surface area contributed by atoms with Crippen molar-refractivity contribution in [2.75, 3.05) is 19.8 Å². The summed E-state index contributed by atoms with van der Waals surface area (Å²) in [6.45, 7) is 3.80. The van der Waals surface area contributed by atoms with E-state index < -0.39 is 0 Å². The number of aryl methyl sites for hydroxylation is 1. The van der Waals surface area contributed by atoms with E-state index in [0.717, 1.165) is 30.2 Å². The van der Waals surface area contributed by atoms with Crippen LogP contribution < -0.4 is 5.56 Å². The Morgan fingerprint density at radius 1 is 1.44 bits per heavy atom. The maximum absolute atomic E-state index is 12.6. The number of nitrogens with zero attached hydrogens (tertiary/aromatic N) is 2. The third-order valence-corrected chi connectivity index (χ3v) is 4.60. The summed E-state index contributed by atoms with van der Waals surface area (Å²) < 4.78 is 11.2. The Morgan fingerprint density at radius 3 is 2.89 bits per heavy atom. The van der Waals surface area contributed by atoms with Gasteiger partial charge in [-0.05, 0) is 25.5 Å². The molecule has 0 saturated carbocycles. The second kappa shape index (κ2) is 8.17. The zero-order chi connectivity index (χ0) is 19.4. The van der Waals surface area contributed by atoms with Gasteiger partial charge in [0.15, 0.2) is 5.89 Å². The average molecular weight is 375 g/mol. The van der Waals surface area contributed by atoms with Gasteiger partial charge in [-0.3, -0.25) is 14.4 Å². The molecule has 1 amide bonds. The lowest BCUT2D eigenvalue weighted by Crippen LogP contribution is -2.38. The molecule has 1 unspecified atom stereocenters. The highest BCUT2D eigenvalue weighted by Crippen LogP contribution is 2.29. The number of hydrogen-bond donors (Lipinski definition) is 2. The van der Waals surface area contributed by atoms with Gasteiger partial charge in [0.25, 0.3) is 17.9 Å². The van der Waals surface area contributed by atoms with Crippen molar-refractivity contribution >= 4 is 12.4 Å². The second-order valence-electron chi connectivity index (χ2n) is 6.45. The number of carboxylic acid groups (broad SMARTS) is 1. The number of ether oxygens (including phenoxy) is 1. The van der Waals surface area contributed by atoms with Crippen molar-refractivity contribution in [3.05, 3.63) is 51.1 Å². The maximum Gasteiger partial charge on any atom is 0.290 e. The quantitative estimate of drug-likeness (QED) is 0.752. The van der Waals surface area contributed by atoms with Crippen molar-refractivity contribution in [1.82, 2.24) is 14.9 Å². The summed E-state index contributed by atoms with van der Waals surface area (Å²) in [6.07, 6.45) is 1.53. The maximum atomic E-state index is 12.6. The Balaban J connectivity index is 0.000000659. The molecular formula is C18H21N3O6. The molecule has 2 aliphatic heterocycles. The first kappa shape index (κ1) is 18.8. The van der Waals surface area contributed by atoms with E-state index in [9.17, 15) is 9.59 Å². The smallest absolute Gasteiger partial charge is 0.290 e. The molecule has 1 fully saturated rings. The first-order valence-electron chi connectivity index (χ1n) is 8.66. The van der Waals surface area contributed by atoms with Crippen molar-refractivity contribution in [2.24, 2.45) is 0 Å². The average Bonchev–Trinajstić information content (AvgIpc) is 3.30. The molecule has 0 bridgehead atoms. The number of carbonyl (C=O) groups excluding carboxylic acids is 1. The van der Waals surface area contributed by atoms with Crippen LogP contribution in [-0.4, -0.2) is 52.1 Å². The van der Waals surface area contributed by atoms with Crippen molar-refractivity contribution in [1.29, 1.82) is 0 Å². The second-order valence-corrected chi connectivity index (χ2v) is 6.45. The van der Waals surface area contributed by atoms with Gasteiger partial charge in [-0.1, -0.05) is 0 Å². The van der Waals surface area contributed by atoms with Gasteiger partial charge in [-0.15, -0.1) is 0 Å². The highest BCUT2D eigenvalue weighted by atomic mass is 16.5. The fourth-order valence-corrected chi connectivity index (χ4v) is 3.21. The summed E-state index contributed by atoms with van der Waals surface area (Å²) in [7, 11) is 0. The number of hydrogen-bond acceptors (Lipinski definition) is 6. The Bertz CT molecular complexity index is 881. The molecule has 2 N–H and O–H groups in total. The molecule has 2 aliphatic rings. The van der Waals surface area contributed by atoms with Crippen LogP contribution in [0.1, 0.15) is 45.7 Å². The minimum absolute atomic E-state index is 0.164. The molecule has 9 heteroatoms. The van der Waals surface area contributed by atoms with Gasteiger partial charge in [0, 0.05) is 25.3 Å². The fourth-order valence-electron chi connectivity index (χ4n) is 3.21. The number of oxazole rings is 1. The van der Waals surface area contributed by atoms with Gasteiger partial charge >= 0.3 is 0 Å². The van der Waals surface area contributed by atoms with E-state index in [2.05, 4.69) is 9.97 Å². The van der Waals surface area contributed by atoms with E-state index in [-0.39, 0.29) is 29.4 Å². The Hall–Kier alpha value is -2.94. The zero-order valence-electron chi connectivity index (χ0n) is 14.9. The monoisotopic (exact) mass is 375 g/mol. The molecule has 2 aromatic rings. The summed E-state index contributed by atoms with van der Waals surface area (Å²) in [4.78, 5) is 41.9. The number of aromatic nitrogens is 2. The lowest BCUT2D eigenvalue weighted by molar-refractivity contribution is -0.122. The highest BCUT2D eigenvalue weighted by Gasteiger charge is 2.30. The lowest BCUT2D eigenvalue weighted by Gasteiger charge is -2.25. The largest absolute Gasteiger partial charge is 0.483 e. The van der Waals surface area contributed by atoms with E-state index in [4.69, 9.17) is 19.1 Å². The molecule has 0 spiro atoms. The van der Waals surface area contributed by atoms with Crippen LogP contribution in [0, 0.1) is 6.92 Å². The molecule has 0 aromatic carbocycles. The molecule has 144 valence electrons. The minimum atomic E-state index is -0.352. The number of pyridine rings is 1. The van der Waals surface area contributed by atoms with Crippen molar-refractivity contribution in [2.45, 2.75) is 32.2 Å². The van der Waals surface area contributed by atoms with Crippen LogP contribution in [0.2, 0.25) is 0 Å². The normalized spacial score (nSPS) is 18.4. The third kappa shape index (κ3) is 4.08. The van der Waals surface area contributed by atoms with Gasteiger partial charge < -0.3 is 24.1 Å². The Labute approximate surface area is 155 Å². The molecule has 0 aliphatic carbocycles. The topological polar surface area (TPSA) is 126 Å². The van der Waals surface area contributed by atoms with Gasteiger partial charge in [0.05, 0.1) is 19.1 Å². The molecule has 2 aromatic heterocycles. The molecular weight excluding hydrogens is 354 g/mol. The summed E-state index contributed by atoms with van der Waals surface area (Å²) in [5.74, 6) is 1.49. The Kier molecular flexibility index (Phi) is 5.70. The first-order chi connectivity index (χ1) is 13.0. The number of fused-ring (bicyclic) bond motifs is 1. The van der Waals surface area contributed by atoms with Crippen LogP contribution in [0.15, 0.2) is 21.3 Å². The first-order valence-corrected chi connectivity index (χ1v) is 8.66. The van der Waals surface area contributed by atoms with Crippen LogP contribution in [0.4, 0.5) is 0 Å². The van der Waals surface area contributed by atoms with Gasteiger partial charge in [0.1, 0.15) is 17.0 Å². The number of nitrogens with one attached hydrogen (secondary N) is 1. The summed E-state index contributed by atoms with van der Waals surface area (Å²) >= 11 is 0. The summed E-state index contributed by atoms with van der Waals surface area (Å²) in [6, 6.07) is 3.31.